The maximum Gasteiger partial charge on any atom is 0.266 e. The second kappa shape index (κ2) is 5.48. The van der Waals surface area contributed by atoms with Crippen molar-refractivity contribution in [3.05, 3.63) is 23.2 Å². The molecule has 2 amide bonds. The average Bonchev–Trinajstić information content (AvgIpc) is 2.29. The highest BCUT2D eigenvalue weighted by Gasteiger charge is 2.29. The number of halogens is 1. The topological polar surface area (TPSA) is 67.4 Å². The number of hydrogen-bond acceptors (Lipinski definition) is 3. The van der Waals surface area contributed by atoms with Crippen LogP contribution >= 0.6 is 11.6 Å². The zero-order valence-corrected chi connectivity index (χ0v) is 11.5. The van der Waals surface area contributed by atoms with E-state index >= 15 is 0 Å². The predicted molar refractivity (Wildman–Crippen MR) is 72.4 cm³/mol. The number of nitrogens with one attached hydrogen (secondary N) is 2. The quantitative estimate of drug-likeness (QED) is 0.890. The van der Waals surface area contributed by atoms with Gasteiger partial charge in [-0.15, -0.1) is 0 Å². The molecule has 19 heavy (non-hydrogen) atoms. The number of rotatable bonds is 3. The maximum absolute atomic E-state index is 11.8. The van der Waals surface area contributed by atoms with E-state index in [2.05, 4.69) is 10.6 Å². The van der Waals surface area contributed by atoms with E-state index in [0.29, 0.717) is 16.5 Å². The van der Waals surface area contributed by atoms with Crippen molar-refractivity contribution in [3.63, 3.8) is 0 Å². The minimum atomic E-state index is -0.813. The number of ether oxygens (including phenoxy) is 1. The normalized spacial score (nSPS) is 17.5. The lowest BCUT2D eigenvalue weighted by Crippen LogP contribution is -2.42. The molecule has 5 nitrogen and oxygen atoms in total. The maximum atomic E-state index is 11.8. The molecule has 1 atom stereocenters. The summed E-state index contributed by atoms with van der Waals surface area (Å²) in [4.78, 5) is 23.5. The summed E-state index contributed by atoms with van der Waals surface area (Å²) in [6, 6.07) is 4.98. The fourth-order valence-corrected chi connectivity index (χ4v) is 1.98. The van der Waals surface area contributed by atoms with Gasteiger partial charge in [-0.25, -0.2) is 0 Å². The van der Waals surface area contributed by atoms with Gasteiger partial charge in [0.25, 0.3) is 5.91 Å². The van der Waals surface area contributed by atoms with Crippen molar-refractivity contribution >= 4 is 29.1 Å². The van der Waals surface area contributed by atoms with Crippen molar-refractivity contribution in [1.29, 1.82) is 0 Å². The minimum Gasteiger partial charge on any atom is -0.478 e. The highest BCUT2D eigenvalue weighted by atomic mass is 35.5. The molecule has 1 aliphatic rings. The molecule has 1 aliphatic heterocycles. The molecule has 0 radical (unpaired) electrons. The summed E-state index contributed by atoms with van der Waals surface area (Å²) < 4.78 is 5.52. The molecule has 102 valence electrons. The van der Waals surface area contributed by atoms with Crippen LogP contribution in [0.2, 0.25) is 5.02 Å². The molecule has 1 unspecified atom stereocenters. The van der Waals surface area contributed by atoms with Crippen LogP contribution in [0.15, 0.2) is 18.2 Å². The number of fused-ring (bicyclic) bond motifs is 1. The number of amides is 2. The van der Waals surface area contributed by atoms with Gasteiger partial charge in [0.05, 0.1) is 12.1 Å². The Bertz CT molecular complexity index is 517. The van der Waals surface area contributed by atoms with Gasteiger partial charge in [0.15, 0.2) is 6.10 Å². The van der Waals surface area contributed by atoms with Crippen molar-refractivity contribution < 1.29 is 14.3 Å². The van der Waals surface area contributed by atoms with Crippen molar-refractivity contribution in [3.8, 4) is 5.75 Å². The van der Waals surface area contributed by atoms with Gasteiger partial charge in [-0.3, -0.25) is 9.59 Å². The average molecular weight is 283 g/mol. The minimum absolute atomic E-state index is 0.00786. The van der Waals surface area contributed by atoms with E-state index in [1.54, 1.807) is 18.2 Å². The second-order valence-electron chi connectivity index (χ2n) is 4.66. The first-order valence-corrected chi connectivity index (χ1v) is 6.40. The number of hydrogen-bond donors (Lipinski definition) is 2. The summed E-state index contributed by atoms with van der Waals surface area (Å²) >= 11 is 5.83. The Balaban J connectivity index is 2.07. The first-order valence-electron chi connectivity index (χ1n) is 6.02. The van der Waals surface area contributed by atoms with Gasteiger partial charge in [0.2, 0.25) is 5.91 Å². The monoisotopic (exact) mass is 282 g/mol. The van der Waals surface area contributed by atoms with Crippen molar-refractivity contribution in [2.45, 2.75) is 32.4 Å². The molecule has 1 aromatic rings. The van der Waals surface area contributed by atoms with Gasteiger partial charge in [-0.1, -0.05) is 11.6 Å². The van der Waals surface area contributed by atoms with Crippen molar-refractivity contribution in [2.75, 3.05) is 5.32 Å². The summed E-state index contributed by atoms with van der Waals surface area (Å²) in [6.07, 6.45) is -0.820. The zero-order chi connectivity index (χ0) is 14.0. The lowest BCUT2D eigenvalue weighted by atomic mass is 10.1. The molecule has 0 fully saturated rings. The second-order valence-corrected chi connectivity index (χ2v) is 5.10. The molecular formula is C13H15ClN2O3. The summed E-state index contributed by atoms with van der Waals surface area (Å²) in [5.41, 5.74) is 0.526. The Hall–Kier alpha value is -1.75. The summed E-state index contributed by atoms with van der Waals surface area (Å²) in [5, 5.41) is 5.92. The van der Waals surface area contributed by atoms with Crippen LogP contribution < -0.4 is 15.4 Å². The molecule has 1 aromatic carbocycles. The van der Waals surface area contributed by atoms with Crippen LogP contribution in [0.25, 0.3) is 0 Å². The van der Waals surface area contributed by atoms with Gasteiger partial charge < -0.3 is 15.4 Å². The molecule has 0 aliphatic carbocycles. The van der Waals surface area contributed by atoms with E-state index in [9.17, 15) is 9.59 Å². The van der Waals surface area contributed by atoms with E-state index in [1.165, 1.54) is 0 Å². The number of carbonyl (C=O) groups excluding carboxylic acids is 2. The molecule has 1 heterocycles. The van der Waals surface area contributed by atoms with Crippen molar-refractivity contribution in [2.24, 2.45) is 0 Å². The first-order chi connectivity index (χ1) is 8.95. The van der Waals surface area contributed by atoms with Gasteiger partial charge in [-0.05, 0) is 32.0 Å². The smallest absolute Gasteiger partial charge is 0.266 e. The molecule has 2 N–H and O–H groups in total. The molecule has 0 saturated heterocycles. The van der Waals surface area contributed by atoms with E-state index < -0.39 is 6.10 Å². The third-order valence-electron chi connectivity index (χ3n) is 2.58. The van der Waals surface area contributed by atoms with Crippen LogP contribution in [-0.2, 0) is 9.59 Å². The van der Waals surface area contributed by atoms with Crippen LogP contribution in [0.4, 0.5) is 5.69 Å². The highest BCUT2D eigenvalue weighted by molar-refractivity contribution is 6.31. The number of benzene rings is 1. The van der Waals surface area contributed by atoms with E-state index in [0.717, 1.165) is 0 Å². The molecular weight excluding hydrogens is 268 g/mol. The third-order valence-corrected chi connectivity index (χ3v) is 2.82. The standard InChI is InChI=1S/C13H15ClN2O3/c1-7(2)15-12(17)6-11-13(18)16-9-5-8(14)3-4-10(9)19-11/h3-5,7,11H,6H2,1-2H3,(H,15,17)(H,16,18). The highest BCUT2D eigenvalue weighted by Crippen LogP contribution is 2.32. The fraction of sp³-hybridized carbons (Fsp3) is 0.385. The lowest BCUT2D eigenvalue weighted by Gasteiger charge is -2.25. The Morgan fingerprint density at radius 1 is 1.53 bits per heavy atom. The molecule has 2 rings (SSSR count). The van der Waals surface area contributed by atoms with Crippen LogP contribution in [-0.4, -0.2) is 24.0 Å². The largest absolute Gasteiger partial charge is 0.478 e. The molecule has 0 aromatic heterocycles. The van der Waals surface area contributed by atoms with Crippen LogP contribution in [0.3, 0.4) is 0 Å². The van der Waals surface area contributed by atoms with E-state index in [-0.39, 0.29) is 24.3 Å². The van der Waals surface area contributed by atoms with Crippen molar-refractivity contribution in [1.82, 2.24) is 5.32 Å². The summed E-state index contributed by atoms with van der Waals surface area (Å²) in [5.74, 6) is -0.0346. The number of anilines is 1. The zero-order valence-electron chi connectivity index (χ0n) is 10.7. The molecule has 0 saturated carbocycles. The Morgan fingerprint density at radius 3 is 2.95 bits per heavy atom. The number of carbonyl (C=O) groups is 2. The lowest BCUT2D eigenvalue weighted by molar-refractivity contribution is -0.130. The van der Waals surface area contributed by atoms with Gasteiger partial charge in [0.1, 0.15) is 5.75 Å². The Kier molecular flexibility index (Phi) is 3.95. The summed E-state index contributed by atoms with van der Waals surface area (Å²) in [7, 11) is 0. The molecule has 0 bridgehead atoms. The van der Waals surface area contributed by atoms with Gasteiger partial charge in [-0.2, -0.15) is 0 Å². The Morgan fingerprint density at radius 2 is 2.26 bits per heavy atom. The van der Waals surface area contributed by atoms with Crippen LogP contribution in [0.1, 0.15) is 20.3 Å². The third kappa shape index (κ3) is 3.38. The van der Waals surface area contributed by atoms with Gasteiger partial charge in [0, 0.05) is 11.1 Å². The van der Waals surface area contributed by atoms with Crippen LogP contribution in [0, 0.1) is 0 Å². The first kappa shape index (κ1) is 13.7. The van der Waals surface area contributed by atoms with Gasteiger partial charge >= 0.3 is 0 Å². The molecule has 0 spiro atoms. The summed E-state index contributed by atoms with van der Waals surface area (Å²) in [6.45, 7) is 3.72. The Labute approximate surface area is 116 Å². The molecule has 6 heteroatoms. The van der Waals surface area contributed by atoms with E-state index in [1.807, 2.05) is 13.8 Å². The fourth-order valence-electron chi connectivity index (χ4n) is 1.81. The van der Waals surface area contributed by atoms with E-state index in [4.69, 9.17) is 16.3 Å². The van der Waals surface area contributed by atoms with Crippen LogP contribution in [0.5, 0.6) is 5.75 Å². The predicted octanol–water partition coefficient (Wildman–Crippen LogP) is 1.95. The SMILES string of the molecule is CC(C)NC(=O)CC1Oc2ccc(Cl)cc2NC1=O.